The quantitative estimate of drug-likeness (QED) is 0.652. The molecule has 0 saturated carbocycles. The fourth-order valence-electron chi connectivity index (χ4n) is 2.16. The lowest BCUT2D eigenvalue weighted by Crippen LogP contribution is -2.14. The topological polar surface area (TPSA) is 66.9 Å². The van der Waals surface area contributed by atoms with Crippen molar-refractivity contribution in [3.05, 3.63) is 78.0 Å². The molecule has 0 unspecified atom stereocenters. The van der Waals surface area contributed by atoms with E-state index >= 15 is 0 Å². The molecule has 0 bridgehead atoms. The average Bonchev–Trinajstić information content (AvgIpc) is 2.62. The van der Waals surface area contributed by atoms with E-state index in [0.29, 0.717) is 5.69 Å². The molecule has 0 aliphatic rings. The highest BCUT2D eigenvalue weighted by Crippen LogP contribution is 2.30. The molecule has 2 N–H and O–H groups in total. The Morgan fingerprint density at radius 1 is 0.926 bits per heavy atom. The smallest absolute Gasteiger partial charge is 0.339 e. The number of carbonyl (C=O) groups is 1. The first-order valence-electron chi connectivity index (χ1n) is 7.64. The molecule has 0 fully saturated rings. The average molecular weight is 376 g/mol. The van der Waals surface area contributed by atoms with E-state index in [4.69, 9.17) is 0 Å². The molecule has 0 radical (unpaired) electrons. The number of nitrogens with zero attached hydrogens (tertiary/aromatic N) is 2. The number of nitrogens with one attached hydrogen (secondary N) is 2. The number of hydrogen-bond acceptors (Lipinski definition) is 4. The van der Waals surface area contributed by atoms with Crippen LogP contribution in [0.5, 0.6) is 0 Å². The summed E-state index contributed by atoms with van der Waals surface area (Å²) in [6.07, 6.45) is -1.95. The van der Waals surface area contributed by atoms with Crippen LogP contribution in [-0.4, -0.2) is 15.9 Å². The van der Waals surface area contributed by atoms with Crippen LogP contribution in [0.25, 0.3) is 0 Å². The van der Waals surface area contributed by atoms with Crippen molar-refractivity contribution in [3.63, 3.8) is 0 Å². The molecule has 5 nitrogen and oxygen atoms in total. The van der Waals surface area contributed by atoms with Crippen LogP contribution < -0.4 is 10.6 Å². The Morgan fingerprint density at radius 3 is 2.26 bits per heavy atom. The van der Waals surface area contributed by atoms with Crippen molar-refractivity contribution in [3.8, 4) is 0 Å². The first-order valence-corrected chi connectivity index (χ1v) is 7.64. The Labute approximate surface area is 151 Å². The van der Waals surface area contributed by atoms with Gasteiger partial charge in [-0.2, -0.15) is 13.2 Å². The molecule has 1 aromatic heterocycles. The molecule has 1 amide bonds. The normalized spacial score (nSPS) is 11.1. The van der Waals surface area contributed by atoms with Gasteiger partial charge in [-0.15, -0.1) is 0 Å². The summed E-state index contributed by atoms with van der Waals surface area (Å²) in [5.74, 6) is -0.818. The number of amides is 1. The maximum Gasteiger partial charge on any atom is 0.416 e. The third kappa shape index (κ3) is 4.78. The summed E-state index contributed by atoms with van der Waals surface area (Å²) in [5, 5.41) is 5.26. The van der Waals surface area contributed by atoms with Gasteiger partial charge < -0.3 is 10.6 Å². The van der Waals surface area contributed by atoms with Gasteiger partial charge in [0.2, 0.25) is 0 Å². The lowest BCUT2D eigenvalue weighted by Gasteiger charge is -2.09. The number of hydrogen-bond donors (Lipinski definition) is 2. The molecule has 1 heterocycles. The molecule has 0 aliphatic carbocycles. The lowest BCUT2D eigenvalue weighted by molar-refractivity contribution is -0.137. The van der Waals surface area contributed by atoms with Crippen LogP contribution in [0, 0.1) is 5.82 Å². The maximum absolute atomic E-state index is 13.1. The van der Waals surface area contributed by atoms with Gasteiger partial charge in [0.25, 0.3) is 5.91 Å². The standard InChI is InChI=1S/C18H12F4N4O/c19-12-2-1-3-14(8-12)26-17(27)15-9-24-16(10-23-15)25-13-6-4-11(5-7-13)18(20,21)22/h1-10H,(H,24,25)(H,26,27). The highest BCUT2D eigenvalue weighted by atomic mass is 19.4. The molecular weight excluding hydrogens is 364 g/mol. The highest BCUT2D eigenvalue weighted by Gasteiger charge is 2.29. The summed E-state index contributed by atoms with van der Waals surface area (Å²) >= 11 is 0. The molecule has 2 aromatic carbocycles. The molecule has 138 valence electrons. The van der Waals surface area contributed by atoms with Gasteiger partial charge in [-0.1, -0.05) is 6.07 Å². The number of rotatable bonds is 4. The van der Waals surface area contributed by atoms with Crippen molar-refractivity contribution in [2.45, 2.75) is 6.18 Å². The SMILES string of the molecule is O=C(Nc1cccc(F)c1)c1cnc(Nc2ccc(C(F)(F)F)cc2)cn1. The van der Waals surface area contributed by atoms with Crippen LogP contribution >= 0.6 is 0 Å². The van der Waals surface area contributed by atoms with E-state index in [1.54, 1.807) is 0 Å². The lowest BCUT2D eigenvalue weighted by atomic mass is 10.2. The van der Waals surface area contributed by atoms with Crippen molar-refractivity contribution in [2.24, 2.45) is 0 Å². The number of aromatic nitrogens is 2. The van der Waals surface area contributed by atoms with Gasteiger partial charge >= 0.3 is 6.18 Å². The van der Waals surface area contributed by atoms with E-state index < -0.39 is 23.5 Å². The summed E-state index contributed by atoms with van der Waals surface area (Å²) in [4.78, 5) is 20.0. The molecule has 3 rings (SSSR count). The number of alkyl halides is 3. The molecule has 3 aromatic rings. The second-order valence-corrected chi connectivity index (χ2v) is 5.45. The summed E-state index contributed by atoms with van der Waals surface area (Å²) < 4.78 is 50.8. The third-order valence-corrected chi connectivity index (χ3v) is 3.45. The Morgan fingerprint density at radius 2 is 1.67 bits per heavy atom. The van der Waals surface area contributed by atoms with Crippen molar-refractivity contribution >= 4 is 23.1 Å². The van der Waals surface area contributed by atoms with Crippen molar-refractivity contribution in [1.82, 2.24) is 9.97 Å². The van der Waals surface area contributed by atoms with E-state index in [1.165, 1.54) is 42.7 Å². The van der Waals surface area contributed by atoms with Gasteiger partial charge in [-0.05, 0) is 42.5 Å². The maximum atomic E-state index is 13.1. The molecule has 9 heteroatoms. The van der Waals surface area contributed by atoms with Crippen molar-refractivity contribution in [1.29, 1.82) is 0 Å². The summed E-state index contributed by atoms with van der Waals surface area (Å²) in [6.45, 7) is 0. The monoisotopic (exact) mass is 376 g/mol. The van der Waals surface area contributed by atoms with Crippen LogP contribution in [0.15, 0.2) is 60.9 Å². The second kappa shape index (κ2) is 7.40. The van der Waals surface area contributed by atoms with Crippen LogP contribution in [0.2, 0.25) is 0 Å². The Bertz CT molecular complexity index is 941. The Balaban J connectivity index is 1.65. The highest BCUT2D eigenvalue weighted by molar-refractivity contribution is 6.02. The van der Waals surface area contributed by atoms with Gasteiger partial charge in [-0.3, -0.25) is 4.79 Å². The summed E-state index contributed by atoms with van der Waals surface area (Å²) in [5.41, 5.74) is -0.108. The largest absolute Gasteiger partial charge is 0.416 e. The third-order valence-electron chi connectivity index (χ3n) is 3.45. The van der Waals surface area contributed by atoms with Crippen LogP contribution in [0.1, 0.15) is 16.1 Å². The molecule has 0 aliphatic heterocycles. The van der Waals surface area contributed by atoms with E-state index in [2.05, 4.69) is 20.6 Å². The number of benzene rings is 2. The van der Waals surface area contributed by atoms with Crippen molar-refractivity contribution < 1.29 is 22.4 Å². The van der Waals surface area contributed by atoms with Gasteiger partial charge in [-0.25, -0.2) is 14.4 Å². The van der Waals surface area contributed by atoms with E-state index in [9.17, 15) is 22.4 Å². The Hall–Kier alpha value is -3.49. The minimum Gasteiger partial charge on any atom is -0.339 e. The first kappa shape index (κ1) is 18.3. The van der Waals surface area contributed by atoms with Gasteiger partial charge in [0, 0.05) is 11.4 Å². The van der Waals surface area contributed by atoms with E-state index in [1.807, 2.05) is 0 Å². The number of halogens is 4. The zero-order valence-corrected chi connectivity index (χ0v) is 13.6. The van der Waals surface area contributed by atoms with E-state index in [-0.39, 0.29) is 17.2 Å². The molecule has 0 spiro atoms. The van der Waals surface area contributed by atoms with Crippen LogP contribution in [0.3, 0.4) is 0 Å². The summed E-state index contributed by atoms with van der Waals surface area (Å²) in [6, 6.07) is 9.78. The molecule has 0 atom stereocenters. The zero-order valence-electron chi connectivity index (χ0n) is 13.6. The van der Waals surface area contributed by atoms with Crippen LogP contribution in [0.4, 0.5) is 34.8 Å². The van der Waals surface area contributed by atoms with Gasteiger partial charge in [0.05, 0.1) is 18.0 Å². The Kier molecular flexibility index (Phi) is 5.02. The fourth-order valence-corrected chi connectivity index (χ4v) is 2.16. The predicted molar refractivity (Wildman–Crippen MR) is 91.1 cm³/mol. The minimum absolute atomic E-state index is 0.00256. The van der Waals surface area contributed by atoms with Gasteiger partial charge in [0.15, 0.2) is 0 Å². The predicted octanol–water partition coefficient (Wildman–Crippen LogP) is 4.63. The zero-order chi connectivity index (χ0) is 19.4. The van der Waals surface area contributed by atoms with E-state index in [0.717, 1.165) is 18.2 Å². The second-order valence-electron chi connectivity index (χ2n) is 5.45. The molecular formula is C18H12F4N4O. The first-order chi connectivity index (χ1) is 12.8. The summed E-state index contributed by atoms with van der Waals surface area (Å²) in [7, 11) is 0. The number of carbonyl (C=O) groups excluding carboxylic acids is 1. The molecule has 27 heavy (non-hydrogen) atoms. The van der Waals surface area contributed by atoms with Crippen LogP contribution in [-0.2, 0) is 6.18 Å². The molecule has 0 saturated heterocycles. The van der Waals surface area contributed by atoms with Crippen molar-refractivity contribution in [2.75, 3.05) is 10.6 Å². The fraction of sp³-hybridized carbons (Fsp3) is 0.0556. The number of anilines is 3. The van der Waals surface area contributed by atoms with Gasteiger partial charge in [0.1, 0.15) is 17.3 Å². The minimum atomic E-state index is -4.41.